The zero-order chi connectivity index (χ0) is 14.1. The van der Waals surface area contributed by atoms with Crippen LogP contribution in [-0.4, -0.2) is 26.2 Å². The molecule has 0 spiro atoms. The van der Waals surface area contributed by atoms with Crippen LogP contribution in [0, 0.1) is 0 Å². The summed E-state index contributed by atoms with van der Waals surface area (Å²) in [4.78, 5) is 4.43. The first-order valence-corrected chi connectivity index (χ1v) is 6.35. The van der Waals surface area contributed by atoms with Crippen molar-refractivity contribution >= 4 is 10.9 Å². The van der Waals surface area contributed by atoms with E-state index in [-0.39, 0.29) is 0 Å². The van der Waals surface area contributed by atoms with Gasteiger partial charge in [0, 0.05) is 36.0 Å². The van der Waals surface area contributed by atoms with Gasteiger partial charge in [-0.2, -0.15) is 5.10 Å². The van der Waals surface area contributed by atoms with Crippen molar-refractivity contribution in [2.24, 2.45) is 7.05 Å². The fraction of sp³-hybridized carbons (Fsp3) is 0.200. The topological polar surface area (TPSA) is 60.2 Å². The number of benzene rings is 1. The van der Waals surface area contributed by atoms with Crippen molar-refractivity contribution < 1.29 is 9.84 Å². The van der Waals surface area contributed by atoms with Crippen LogP contribution in [0.4, 0.5) is 0 Å². The SMILES string of the molecule is CC(O)Oc1ccc2ncc(-c3cnn(C)c3)cc2c1. The number of nitrogens with zero attached hydrogens (tertiary/aromatic N) is 3. The van der Waals surface area contributed by atoms with Crippen molar-refractivity contribution in [1.29, 1.82) is 0 Å². The Hall–Kier alpha value is -2.40. The summed E-state index contributed by atoms with van der Waals surface area (Å²) in [6, 6.07) is 7.58. The number of hydrogen-bond acceptors (Lipinski definition) is 4. The summed E-state index contributed by atoms with van der Waals surface area (Å²) in [5.74, 6) is 0.623. The molecular weight excluding hydrogens is 254 g/mol. The highest BCUT2D eigenvalue weighted by atomic mass is 16.6. The molecule has 3 aromatic rings. The molecular formula is C15H15N3O2. The second kappa shape index (κ2) is 4.94. The lowest BCUT2D eigenvalue weighted by molar-refractivity contribution is -0.000186. The summed E-state index contributed by atoms with van der Waals surface area (Å²) in [6.45, 7) is 1.58. The third kappa shape index (κ3) is 2.48. The minimum atomic E-state index is -0.832. The largest absolute Gasteiger partial charge is 0.465 e. The van der Waals surface area contributed by atoms with Gasteiger partial charge in [0.1, 0.15) is 5.75 Å². The predicted molar refractivity (Wildman–Crippen MR) is 76.3 cm³/mol. The standard InChI is InChI=1S/C15H15N3O2/c1-10(19)20-14-3-4-15-11(6-14)5-12(7-16-15)13-8-17-18(2)9-13/h3-10,19H,1-2H3. The van der Waals surface area contributed by atoms with Crippen LogP contribution in [0.2, 0.25) is 0 Å². The van der Waals surface area contributed by atoms with Gasteiger partial charge in [-0.25, -0.2) is 0 Å². The first-order valence-electron chi connectivity index (χ1n) is 6.35. The number of aryl methyl sites for hydroxylation is 1. The highest BCUT2D eigenvalue weighted by Gasteiger charge is 2.05. The highest BCUT2D eigenvalue weighted by Crippen LogP contribution is 2.25. The zero-order valence-corrected chi connectivity index (χ0v) is 11.3. The minimum absolute atomic E-state index is 0.623. The maximum absolute atomic E-state index is 9.26. The van der Waals surface area contributed by atoms with E-state index in [0.717, 1.165) is 22.0 Å². The van der Waals surface area contributed by atoms with E-state index in [0.29, 0.717) is 5.75 Å². The summed E-state index contributed by atoms with van der Waals surface area (Å²) < 4.78 is 7.04. The number of rotatable bonds is 3. The van der Waals surface area contributed by atoms with Crippen LogP contribution in [0.1, 0.15) is 6.92 Å². The lowest BCUT2D eigenvalue weighted by atomic mass is 10.1. The molecule has 20 heavy (non-hydrogen) atoms. The zero-order valence-electron chi connectivity index (χ0n) is 11.3. The molecule has 2 heterocycles. The average molecular weight is 269 g/mol. The Morgan fingerprint density at radius 1 is 1.20 bits per heavy atom. The normalized spacial score (nSPS) is 12.6. The van der Waals surface area contributed by atoms with E-state index in [1.807, 2.05) is 37.6 Å². The first-order chi connectivity index (χ1) is 9.61. The molecule has 1 atom stereocenters. The minimum Gasteiger partial charge on any atom is -0.465 e. The van der Waals surface area contributed by atoms with Crippen LogP contribution in [0.25, 0.3) is 22.0 Å². The number of aliphatic hydroxyl groups excluding tert-OH is 1. The van der Waals surface area contributed by atoms with Crippen molar-refractivity contribution in [3.63, 3.8) is 0 Å². The summed E-state index contributed by atoms with van der Waals surface area (Å²) >= 11 is 0. The van der Waals surface area contributed by atoms with Crippen LogP contribution in [-0.2, 0) is 7.05 Å². The van der Waals surface area contributed by atoms with Gasteiger partial charge in [0.25, 0.3) is 0 Å². The number of hydrogen-bond donors (Lipinski definition) is 1. The summed E-state index contributed by atoms with van der Waals surface area (Å²) in [6.07, 6.45) is 4.74. The molecule has 5 nitrogen and oxygen atoms in total. The Labute approximate surface area is 116 Å². The quantitative estimate of drug-likeness (QED) is 0.741. The Morgan fingerprint density at radius 2 is 2.05 bits per heavy atom. The van der Waals surface area contributed by atoms with Crippen molar-refractivity contribution in [1.82, 2.24) is 14.8 Å². The molecule has 0 bridgehead atoms. The summed E-state index contributed by atoms with van der Waals surface area (Å²) in [7, 11) is 1.88. The molecule has 1 N–H and O–H groups in total. The lowest BCUT2D eigenvalue weighted by Gasteiger charge is -2.09. The second-order valence-corrected chi connectivity index (χ2v) is 4.70. The molecule has 2 aromatic heterocycles. The van der Waals surface area contributed by atoms with E-state index in [9.17, 15) is 5.11 Å². The maximum Gasteiger partial charge on any atom is 0.194 e. The van der Waals surface area contributed by atoms with Crippen molar-refractivity contribution in [2.75, 3.05) is 0 Å². The number of aliphatic hydroxyl groups is 1. The predicted octanol–water partition coefficient (Wildman–Crippen LogP) is 2.35. The van der Waals surface area contributed by atoms with E-state index >= 15 is 0 Å². The molecule has 0 fully saturated rings. The van der Waals surface area contributed by atoms with E-state index < -0.39 is 6.29 Å². The van der Waals surface area contributed by atoms with Gasteiger partial charge in [-0.3, -0.25) is 9.67 Å². The lowest BCUT2D eigenvalue weighted by Crippen LogP contribution is -2.09. The Morgan fingerprint density at radius 3 is 2.75 bits per heavy atom. The van der Waals surface area contributed by atoms with Gasteiger partial charge in [-0.05, 0) is 31.2 Å². The molecule has 5 heteroatoms. The smallest absolute Gasteiger partial charge is 0.194 e. The van der Waals surface area contributed by atoms with Gasteiger partial charge in [0.05, 0.1) is 11.7 Å². The third-order valence-electron chi connectivity index (χ3n) is 3.00. The third-order valence-corrected chi connectivity index (χ3v) is 3.00. The fourth-order valence-electron chi connectivity index (χ4n) is 2.11. The molecule has 0 saturated heterocycles. The molecule has 0 aliphatic heterocycles. The molecule has 1 unspecified atom stereocenters. The van der Waals surface area contributed by atoms with Crippen LogP contribution in [0.15, 0.2) is 42.9 Å². The van der Waals surface area contributed by atoms with E-state index in [1.165, 1.54) is 0 Å². The first kappa shape index (κ1) is 12.6. The van der Waals surface area contributed by atoms with E-state index in [1.54, 1.807) is 23.9 Å². The summed E-state index contributed by atoms with van der Waals surface area (Å²) in [5.41, 5.74) is 2.90. The molecule has 0 saturated carbocycles. The Kier molecular flexibility index (Phi) is 3.12. The molecule has 3 rings (SSSR count). The Bertz CT molecular complexity index is 750. The summed E-state index contributed by atoms with van der Waals surface area (Å²) in [5, 5.41) is 14.4. The maximum atomic E-state index is 9.26. The average Bonchev–Trinajstić information content (AvgIpc) is 2.84. The van der Waals surface area contributed by atoms with Crippen molar-refractivity contribution in [2.45, 2.75) is 13.2 Å². The van der Waals surface area contributed by atoms with Crippen molar-refractivity contribution in [3.05, 3.63) is 42.9 Å². The van der Waals surface area contributed by atoms with Crippen LogP contribution in [0.5, 0.6) is 5.75 Å². The number of fused-ring (bicyclic) bond motifs is 1. The van der Waals surface area contributed by atoms with Crippen LogP contribution in [0.3, 0.4) is 0 Å². The number of aromatic nitrogens is 3. The van der Waals surface area contributed by atoms with Gasteiger partial charge in [0.2, 0.25) is 0 Å². The van der Waals surface area contributed by atoms with E-state index in [4.69, 9.17) is 4.74 Å². The molecule has 0 radical (unpaired) electrons. The number of ether oxygens (including phenoxy) is 1. The van der Waals surface area contributed by atoms with Crippen LogP contribution >= 0.6 is 0 Å². The molecule has 0 aliphatic rings. The monoisotopic (exact) mass is 269 g/mol. The van der Waals surface area contributed by atoms with Gasteiger partial charge in [-0.1, -0.05) is 0 Å². The van der Waals surface area contributed by atoms with Crippen LogP contribution < -0.4 is 4.74 Å². The van der Waals surface area contributed by atoms with Crippen molar-refractivity contribution in [3.8, 4) is 16.9 Å². The number of pyridine rings is 1. The van der Waals surface area contributed by atoms with Gasteiger partial charge < -0.3 is 9.84 Å². The molecule has 1 aromatic carbocycles. The highest BCUT2D eigenvalue weighted by molar-refractivity contribution is 5.84. The molecule has 0 amide bonds. The molecule has 102 valence electrons. The van der Waals surface area contributed by atoms with E-state index in [2.05, 4.69) is 10.1 Å². The van der Waals surface area contributed by atoms with Gasteiger partial charge in [-0.15, -0.1) is 0 Å². The fourth-order valence-corrected chi connectivity index (χ4v) is 2.11. The van der Waals surface area contributed by atoms with Gasteiger partial charge >= 0.3 is 0 Å². The Balaban J connectivity index is 2.04. The van der Waals surface area contributed by atoms with Gasteiger partial charge in [0.15, 0.2) is 6.29 Å². The second-order valence-electron chi connectivity index (χ2n) is 4.70. The molecule has 0 aliphatic carbocycles.